The van der Waals surface area contributed by atoms with Crippen molar-refractivity contribution in [2.45, 2.75) is 143 Å². The maximum absolute atomic E-state index is 11.9. The minimum absolute atomic E-state index is 0.00246. The summed E-state index contributed by atoms with van der Waals surface area (Å²) in [6.45, 7) is 29.1. The van der Waals surface area contributed by atoms with Crippen molar-refractivity contribution in [3.63, 3.8) is 0 Å². The van der Waals surface area contributed by atoms with Crippen LogP contribution in [0.2, 0.25) is 0 Å². The predicted molar refractivity (Wildman–Crippen MR) is 304 cm³/mol. The van der Waals surface area contributed by atoms with E-state index in [9.17, 15) is 19.8 Å². The summed E-state index contributed by atoms with van der Waals surface area (Å²) < 4.78 is 13.3. The number of hydrogen-bond acceptors (Lipinski definition) is 6. The van der Waals surface area contributed by atoms with Crippen molar-refractivity contribution in [3.05, 3.63) is 198 Å². The maximum atomic E-state index is 11.9. The van der Waals surface area contributed by atoms with E-state index in [0.29, 0.717) is 24.7 Å². The molecule has 6 aromatic carbocycles. The van der Waals surface area contributed by atoms with Gasteiger partial charge in [-0.15, -0.1) is 0 Å². The van der Waals surface area contributed by atoms with Crippen LogP contribution in [0.1, 0.15) is 164 Å². The Labute approximate surface area is 448 Å². The van der Waals surface area contributed by atoms with Gasteiger partial charge in [0.2, 0.25) is 0 Å². The second-order valence-corrected chi connectivity index (χ2v) is 25.3. The third-order valence-corrected chi connectivity index (χ3v) is 14.4. The molecule has 0 radical (unpaired) electrons. The molecule has 6 rings (SSSR count). The van der Waals surface area contributed by atoms with Crippen molar-refractivity contribution < 1.29 is 29.3 Å². The molecule has 0 bridgehead atoms. The topological polar surface area (TPSA) is 93.1 Å². The number of esters is 2. The van der Waals surface area contributed by atoms with Crippen LogP contribution in [-0.2, 0) is 53.6 Å². The van der Waals surface area contributed by atoms with Crippen LogP contribution in [0, 0.1) is 11.8 Å². The lowest BCUT2D eigenvalue weighted by Crippen LogP contribution is -2.25. The molecule has 6 aromatic rings. The molecule has 0 amide bonds. The average Bonchev–Trinajstić information content (AvgIpc) is 3.28. The summed E-state index contributed by atoms with van der Waals surface area (Å²) in [7, 11) is 0. The molecule has 8 heteroatoms. The summed E-state index contributed by atoms with van der Waals surface area (Å²) in [6, 6.07) is 46.1. The summed E-state index contributed by atoms with van der Waals surface area (Å²) in [5, 5.41) is 22.7. The molecule has 0 unspecified atom stereocenters. The van der Waals surface area contributed by atoms with Gasteiger partial charge in [-0.1, -0.05) is 224 Å². The molecule has 0 aliphatic heterocycles. The van der Waals surface area contributed by atoms with Crippen molar-refractivity contribution in [1.29, 1.82) is 0 Å². The Morgan fingerprint density at radius 2 is 0.694 bits per heavy atom. The van der Waals surface area contributed by atoms with Gasteiger partial charge in [-0.05, 0) is 114 Å². The third kappa shape index (κ3) is 15.9. The van der Waals surface area contributed by atoms with Crippen LogP contribution in [0.25, 0.3) is 0 Å². The molecule has 0 fully saturated rings. The highest BCUT2D eigenvalue weighted by Gasteiger charge is 2.34. The summed E-state index contributed by atoms with van der Waals surface area (Å²) in [5.74, 6) is 0.102. The highest BCUT2D eigenvalue weighted by Crippen LogP contribution is 2.46. The second kappa shape index (κ2) is 24.2. The van der Waals surface area contributed by atoms with Crippen molar-refractivity contribution in [3.8, 4) is 11.5 Å². The van der Waals surface area contributed by atoms with Crippen LogP contribution < -0.4 is 0 Å². The highest BCUT2D eigenvalue weighted by molar-refractivity contribution is 9.10. The van der Waals surface area contributed by atoms with Crippen molar-refractivity contribution in [2.75, 3.05) is 13.2 Å². The fraction of sp³-hybridized carbons (Fsp3) is 0.406. The summed E-state index contributed by atoms with van der Waals surface area (Å²) in [6.07, 6.45) is 1.51. The van der Waals surface area contributed by atoms with E-state index in [4.69, 9.17) is 9.47 Å². The minimum atomic E-state index is -0.279. The van der Waals surface area contributed by atoms with E-state index in [-0.39, 0.29) is 57.3 Å². The minimum Gasteiger partial charge on any atom is -0.507 e. The monoisotopic (exact) mass is 1100 g/mol. The van der Waals surface area contributed by atoms with Gasteiger partial charge in [0.1, 0.15) is 11.5 Å². The smallest absolute Gasteiger partial charge is 0.302 e. The Bertz CT molecular complexity index is 2460. The van der Waals surface area contributed by atoms with E-state index in [1.165, 1.54) is 25.0 Å². The van der Waals surface area contributed by atoms with Gasteiger partial charge in [-0.3, -0.25) is 9.59 Å². The number of hydrogen-bond donors (Lipinski definition) is 2. The second-order valence-electron chi connectivity index (χ2n) is 23.5. The lowest BCUT2D eigenvalue weighted by Gasteiger charge is -2.33. The zero-order valence-electron chi connectivity index (χ0n) is 45.1. The summed E-state index contributed by atoms with van der Waals surface area (Å²) >= 11 is 7.15. The number of phenolic OH excluding ortho intramolecular Hbond substituents is 2. The number of carbonyl (C=O) groups is 2. The number of benzene rings is 6. The Balaban J connectivity index is 0.000000267. The summed E-state index contributed by atoms with van der Waals surface area (Å²) in [4.78, 5) is 23.8. The molecule has 384 valence electrons. The van der Waals surface area contributed by atoms with E-state index in [1.807, 2.05) is 36.4 Å². The number of halogens is 2. The van der Waals surface area contributed by atoms with Gasteiger partial charge in [0.05, 0.1) is 13.2 Å². The van der Waals surface area contributed by atoms with Crippen molar-refractivity contribution in [1.82, 2.24) is 0 Å². The number of rotatable bonds is 14. The zero-order chi connectivity index (χ0) is 53.3. The van der Waals surface area contributed by atoms with Crippen LogP contribution in [0.15, 0.2) is 142 Å². The normalized spacial score (nSPS) is 13.8. The van der Waals surface area contributed by atoms with E-state index in [1.54, 1.807) is 0 Å². The van der Waals surface area contributed by atoms with Crippen molar-refractivity contribution >= 4 is 43.8 Å². The molecular formula is C64H78Br2O6. The molecule has 0 aliphatic carbocycles. The van der Waals surface area contributed by atoms with Gasteiger partial charge in [0.25, 0.3) is 0 Å². The van der Waals surface area contributed by atoms with Gasteiger partial charge in [-0.25, -0.2) is 0 Å². The molecule has 0 heterocycles. The Kier molecular flexibility index (Phi) is 19.4. The third-order valence-electron chi connectivity index (χ3n) is 13.3. The quantitative estimate of drug-likeness (QED) is 0.106. The van der Waals surface area contributed by atoms with Gasteiger partial charge >= 0.3 is 11.9 Å². The van der Waals surface area contributed by atoms with Crippen LogP contribution >= 0.6 is 31.9 Å². The SMILES string of the molecule is CC(=O)OC[C@H](Cc1ccccc1)[C@@H](c1ccc(Br)cc1)c1cc(C(C)(C)C)c(O)c(C(C)(C)C)c1.CC(=O)OC[C@H](Cc1ccccc1)[C@@H](c1ccc(Br)cc1)c1cc(C(C)(C)C)c(O)c(C(C)(C)C)c1. The molecule has 4 atom stereocenters. The molecule has 0 spiro atoms. The standard InChI is InChI=1S/2C32H39BrO3/c2*1-21(34)36-20-25(17-22-11-9-8-10-12-22)29(23-13-15-26(33)16-14-23)24-18-27(31(2,3)4)30(35)28(19-24)32(5,6)7/h2*8-16,18-19,25,29,35H,17,20H2,1-7H3/t2*25-,29-/m00/s1. The first-order valence-electron chi connectivity index (χ1n) is 25.2. The Morgan fingerprint density at radius 3 is 0.931 bits per heavy atom. The molecular weight excluding hydrogens is 1020 g/mol. The lowest BCUT2D eigenvalue weighted by atomic mass is 9.73. The molecule has 2 N–H and O–H groups in total. The molecule has 0 aromatic heterocycles. The van der Waals surface area contributed by atoms with Gasteiger partial charge < -0.3 is 19.7 Å². The van der Waals surface area contributed by atoms with Gasteiger partial charge in [0.15, 0.2) is 0 Å². The highest BCUT2D eigenvalue weighted by atomic mass is 79.9. The Morgan fingerprint density at radius 1 is 0.431 bits per heavy atom. The first-order chi connectivity index (χ1) is 33.5. The van der Waals surface area contributed by atoms with Gasteiger partial charge in [0, 0.05) is 46.5 Å². The average molecular weight is 1100 g/mol. The first kappa shape index (κ1) is 57.7. The fourth-order valence-electron chi connectivity index (χ4n) is 9.60. The Hall–Kier alpha value is -5.18. The molecule has 0 aliphatic rings. The fourth-order valence-corrected chi connectivity index (χ4v) is 10.1. The number of aromatic hydroxyl groups is 2. The van der Waals surface area contributed by atoms with Crippen LogP contribution in [-0.4, -0.2) is 35.4 Å². The largest absolute Gasteiger partial charge is 0.507 e. The number of ether oxygens (including phenoxy) is 2. The zero-order valence-corrected chi connectivity index (χ0v) is 48.3. The van der Waals surface area contributed by atoms with Gasteiger partial charge in [-0.2, -0.15) is 0 Å². The lowest BCUT2D eigenvalue weighted by molar-refractivity contribution is -0.143. The predicted octanol–water partition coefficient (Wildman–Crippen LogP) is 16.6. The molecule has 6 nitrogen and oxygen atoms in total. The molecule has 0 saturated heterocycles. The first-order valence-corrected chi connectivity index (χ1v) is 26.7. The van der Waals surface area contributed by atoms with Crippen LogP contribution in [0.3, 0.4) is 0 Å². The maximum Gasteiger partial charge on any atom is 0.302 e. The number of carbonyl (C=O) groups excluding carboxylic acids is 2. The van der Waals surface area contributed by atoms with Crippen LogP contribution in [0.4, 0.5) is 0 Å². The number of phenols is 2. The molecule has 0 saturated carbocycles. The van der Waals surface area contributed by atoms with Crippen LogP contribution in [0.5, 0.6) is 11.5 Å². The van der Waals surface area contributed by atoms with E-state index in [0.717, 1.165) is 66.3 Å². The van der Waals surface area contributed by atoms with E-state index >= 15 is 0 Å². The van der Waals surface area contributed by atoms with E-state index in [2.05, 4.69) is 212 Å². The van der Waals surface area contributed by atoms with Crippen molar-refractivity contribution in [2.24, 2.45) is 11.8 Å². The molecule has 72 heavy (non-hydrogen) atoms. The van der Waals surface area contributed by atoms with E-state index < -0.39 is 0 Å². The summed E-state index contributed by atoms with van der Waals surface area (Å²) in [5.41, 5.74) is 9.69.